The summed E-state index contributed by atoms with van der Waals surface area (Å²) in [5.74, 6) is 5.70. The van der Waals surface area contributed by atoms with Gasteiger partial charge in [0.05, 0.1) is 29.7 Å². The number of amides is 1. The number of rotatable bonds is 3. The Morgan fingerprint density at radius 2 is 2.53 bits per heavy atom. The minimum absolute atomic E-state index is 0.0629. The van der Waals surface area contributed by atoms with E-state index in [0.717, 1.165) is 24.3 Å². The van der Waals surface area contributed by atoms with Gasteiger partial charge in [0.1, 0.15) is 0 Å². The number of hydrogen-bond acceptors (Lipinski definition) is 4. The predicted octanol–water partition coefficient (Wildman–Crippen LogP) is 1.39. The van der Waals surface area contributed by atoms with Crippen LogP contribution in [0.5, 0.6) is 0 Å². The van der Waals surface area contributed by atoms with Crippen LogP contribution in [0.3, 0.4) is 0 Å². The summed E-state index contributed by atoms with van der Waals surface area (Å²) < 4.78 is 5.33. The molecule has 0 radical (unpaired) electrons. The molecule has 19 heavy (non-hydrogen) atoms. The Morgan fingerprint density at radius 1 is 1.63 bits per heavy atom. The second-order valence-corrected chi connectivity index (χ2v) is 5.27. The molecule has 2 rings (SSSR count). The molecule has 0 spiro atoms. The molecule has 4 nitrogen and oxygen atoms in total. The number of aliphatic hydroxyl groups excluding tert-OH is 1. The van der Waals surface area contributed by atoms with Gasteiger partial charge < -0.3 is 15.2 Å². The van der Waals surface area contributed by atoms with E-state index in [2.05, 4.69) is 17.2 Å². The van der Waals surface area contributed by atoms with Gasteiger partial charge in [0.2, 0.25) is 0 Å². The number of ether oxygens (including phenoxy) is 1. The number of carbonyl (C=O) groups is 1. The van der Waals surface area contributed by atoms with E-state index in [4.69, 9.17) is 9.84 Å². The SMILES string of the molecule is O=C(NC1CCCOC1)c1csc(C#CCCO)c1. The molecule has 2 heterocycles. The second-order valence-electron chi connectivity index (χ2n) is 4.36. The normalized spacial score (nSPS) is 18.5. The first-order chi connectivity index (χ1) is 9.29. The van der Waals surface area contributed by atoms with Crippen LogP contribution in [0.15, 0.2) is 11.4 Å². The third-order valence-corrected chi connectivity index (χ3v) is 3.65. The first-order valence-corrected chi connectivity index (χ1v) is 7.24. The topological polar surface area (TPSA) is 58.6 Å². The van der Waals surface area contributed by atoms with Crippen LogP contribution < -0.4 is 5.32 Å². The smallest absolute Gasteiger partial charge is 0.252 e. The minimum Gasteiger partial charge on any atom is -0.395 e. The number of aliphatic hydroxyl groups is 1. The minimum atomic E-state index is -0.0676. The number of nitrogens with one attached hydrogen (secondary N) is 1. The Hall–Kier alpha value is -1.35. The van der Waals surface area contributed by atoms with Crippen LogP contribution >= 0.6 is 11.3 Å². The van der Waals surface area contributed by atoms with Crippen molar-refractivity contribution in [3.05, 3.63) is 21.9 Å². The summed E-state index contributed by atoms with van der Waals surface area (Å²) in [6.07, 6.45) is 2.42. The highest BCUT2D eigenvalue weighted by Crippen LogP contribution is 2.14. The molecule has 0 aliphatic carbocycles. The van der Waals surface area contributed by atoms with Gasteiger partial charge in [0.25, 0.3) is 5.91 Å². The lowest BCUT2D eigenvalue weighted by Gasteiger charge is -2.22. The Morgan fingerprint density at radius 3 is 3.26 bits per heavy atom. The molecule has 5 heteroatoms. The quantitative estimate of drug-likeness (QED) is 0.822. The van der Waals surface area contributed by atoms with Crippen molar-refractivity contribution >= 4 is 17.2 Å². The fraction of sp³-hybridized carbons (Fsp3) is 0.500. The van der Waals surface area contributed by atoms with E-state index in [9.17, 15) is 4.79 Å². The summed E-state index contributed by atoms with van der Waals surface area (Å²) >= 11 is 1.44. The van der Waals surface area contributed by atoms with Gasteiger partial charge in [-0.05, 0) is 18.9 Å². The maximum absolute atomic E-state index is 12.0. The van der Waals surface area contributed by atoms with Gasteiger partial charge in [0.15, 0.2) is 0 Å². The van der Waals surface area contributed by atoms with E-state index >= 15 is 0 Å². The van der Waals surface area contributed by atoms with Crippen LogP contribution in [0.2, 0.25) is 0 Å². The molecule has 0 bridgehead atoms. The van der Waals surface area contributed by atoms with Crippen LogP contribution in [0.1, 0.15) is 34.5 Å². The lowest BCUT2D eigenvalue weighted by molar-refractivity contribution is 0.0624. The zero-order valence-electron chi connectivity index (χ0n) is 10.6. The largest absolute Gasteiger partial charge is 0.395 e. The molecule has 1 aliphatic rings. The number of carbonyl (C=O) groups excluding carboxylic acids is 1. The van der Waals surface area contributed by atoms with E-state index in [-0.39, 0.29) is 18.6 Å². The van der Waals surface area contributed by atoms with Crippen molar-refractivity contribution in [2.24, 2.45) is 0 Å². The lowest BCUT2D eigenvalue weighted by Crippen LogP contribution is -2.40. The van der Waals surface area contributed by atoms with Crippen LogP contribution in [0.4, 0.5) is 0 Å². The first kappa shape index (κ1) is 14.1. The van der Waals surface area contributed by atoms with Crippen LogP contribution in [0, 0.1) is 11.8 Å². The summed E-state index contributed by atoms with van der Waals surface area (Å²) in [7, 11) is 0. The lowest BCUT2D eigenvalue weighted by atomic mass is 10.1. The van der Waals surface area contributed by atoms with Crippen molar-refractivity contribution in [3.63, 3.8) is 0 Å². The fourth-order valence-electron chi connectivity index (χ4n) is 1.85. The zero-order chi connectivity index (χ0) is 13.5. The molecule has 0 aromatic carbocycles. The van der Waals surface area contributed by atoms with Gasteiger partial charge in [-0.3, -0.25) is 4.79 Å². The van der Waals surface area contributed by atoms with Gasteiger partial charge in [-0.25, -0.2) is 0 Å². The highest BCUT2D eigenvalue weighted by molar-refractivity contribution is 7.10. The maximum Gasteiger partial charge on any atom is 0.252 e. The van der Waals surface area contributed by atoms with Gasteiger partial charge in [-0.1, -0.05) is 11.8 Å². The third kappa shape index (κ3) is 4.35. The first-order valence-electron chi connectivity index (χ1n) is 6.36. The summed E-state index contributed by atoms with van der Waals surface area (Å²) in [5, 5.41) is 13.4. The molecule has 102 valence electrons. The Labute approximate surface area is 116 Å². The third-order valence-electron chi connectivity index (χ3n) is 2.81. The standard InChI is InChI=1S/C14H17NO3S/c16-6-2-1-5-13-8-11(10-19-13)14(17)15-12-4-3-7-18-9-12/h8,10,12,16H,2-4,6-7,9H2,(H,15,17). The molecule has 1 saturated heterocycles. The van der Waals surface area contributed by atoms with Crippen molar-refractivity contribution < 1.29 is 14.6 Å². The Bertz CT molecular complexity index is 480. The summed E-state index contributed by atoms with van der Waals surface area (Å²) in [6, 6.07) is 1.90. The van der Waals surface area contributed by atoms with Crippen LogP contribution in [-0.4, -0.2) is 36.9 Å². The molecular formula is C14H17NO3S. The summed E-state index contributed by atoms with van der Waals surface area (Å²) in [4.78, 5) is 12.9. The molecule has 1 amide bonds. The van der Waals surface area contributed by atoms with Crippen molar-refractivity contribution in [1.82, 2.24) is 5.32 Å². The van der Waals surface area contributed by atoms with E-state index < -0.39 is 0 Å². The average molecular weight is 279 g/mol. The molecular weight excluding hydrogens is 262 g/mol. The van der Waals surface area contributed by atoms with Crippen molar-refractivity contribution in [2.45, 2.75) is 25.3 Å². The molecule has 1 aliphatic heterocycles. The van der Waals surface area contributed by atoms with E-state index in [1.54, 1.807) is 6.07 Å². The molecule has 1 atom stereocenters. The van der Waals surface area contributed by atoms with E-state index in [0.29, 0.717) is 18.6 Å². The maximum atomic E-state index is 12.0. The molecule has 1 fully saturated rings. The van der Waals surface area contributed by atoms with Crippen molar-refractivity contribution in [1.29, 1.82) is 0 Å². The summed E-state index contributed by atoms with van der Waals surface area (Å²) in [6.45, 7) is 1.45. The summed E-state index contributed by atoms with van der Waals surface area (Å²) in [5.41, 5.74) is 0.642. The highest BCUT2D eigenvalue weighted by atomic mass is 32.1. The van der Waals surface area contributed by atoms with E-state index in [1.807, 2.05) is 5.38 Å². The predicted molar refractivity (Wildman–Crippen MR) is 74.2 cm³/mol. The molecule has 2 N–H and O–H groups in total. The average Bonchev–Trinajstić information content (AvgIpc) is 2.89. The van der Waals surface area contributed by atoms with Crippen molar-refractivity contribution in [3.8, 4) is 11.8 Å². The zero-order valence-corrected chi connectivity index (χ0v) is 11.5. The van der Waals surface area contributed by atoms with Gasteiger partial charge >= 0.3 is 0 Å². The number of hydrogen-bond donors (Lipinski definition) is 2. The van der Waals surface area contributed by atoms with Gasteiger partial charge in [-0.2, -0.15) is 0 Å². The molecule has 1 unspecified atom stereocenters. The van der Waals surface area contributed by atoms with E-state index in [1.165, 1.54) is 11.3 Å². The Balaban J connectivity index is 1.90. The molecule has 0 saturated carbocycles. The molecule has 1 aromatic heterocycles. The second kappa shape index (κ2) is 7.29. The number of thiophene rings is 1. The van der Waals surface area contributed by atoms with Crippen molar-refractivity contribution in [2.75, 3.05) is 19.8 Å². The van der Waals surface area contributed by atoms with Crippen LogP contribution in [0.25, 0.3) is 0 Å². The monoisotopic (exact) mass is 279 g/mol. The molecule has 1 aromatic rings. The highest BCUT2D eigenvalue weighted by Gasteiger charge is 2.17. The van der Waals surface area contributed by atoms with Gasteiger partial charge in [-0.15, -0.1) is 11.3 Å². The Kier molecular flexibility index (Phi) is 5.40. The van der Waals surface area contributed by atoms with Crippen LogP contribution in [-0.2, 0) is 4.74 Å². The van der Waals surface area contributed by atoms with Gasteiger partial charge in [0, 0.05) is 18.4 Å². The fourth-order valence-corrected chi connectivity index (χ4v) is 2.60.